The highest BCUT2D eigenvalue weighted by Crippen LogP contribution is 2.67. The Morgan fingerprint density at radius 3 is 2.26 bits per heavy atom. The van der Waals surface area contributed by atoms with Crippen molar-refractivity contribution in [2.45, 2.75) is 94.4 Å². The van der Waals surface area contributed by atoms with Crippen LogP contribution in [-0.2, 0) is 23.7 Å². The third-order valence-corrected chi connectivity index (χ3v) is 11.1. The Morgan fingerprint density at radius 1 is 0.949 bits per heavy atom. The normalized spacial score (nSPS) is 37.5. The van der Waals surface area contributed by atoms with Gasteiger partial charge >= 0.3 is 0 Å². The van der Waals surface area contributed by atoms with Crippen molar-refractivity contribution in [3.8, 4) is 0 Å². The van der Waals surface area contributed by atoms with Crippen molar-refractivity contribution in [2.24, 2.45) is 17.3 Å². The molecule has 2 N–H and O–H groups in total. The van der Waals surface area contributed by atoms with Gasteiger partial charge < -0.3 is 33.9 Å². The van der Waals surface area contributed by atoms with Crippen LogP contribution in [0.2, 0.25) is 0 Å². The molecule has 6 atom stereocenters. The molecule has 0 amide bonds. The first-order valence-corrected chi connectivity index (χ1v) is 14.6. The van der Waals surface area contributed by atoms with E-state index in [0.29, 0.717) is 37.9 Å². The summed E-state index contributed by atoms with van der Waals surface area (Å²) in [4.78, 5) is 0. The highest BCUT2D eigenvalue weighted by atomic mass is 16.7. The minimum Gasteiger partial charge on any atom is -0.387 e. The molecule has 1 aromatic rings. The summed E-state index contributed by atoms with van der Waals surface area (Å²) in [5.74, 6) is 0.0161. The van der Waals surface area contributed by atoms with Crippen molar-refractivity contribution in [3.05, 3.63) is 46.5 Å². The van der Waals surface area contributed by atoms with Gasteiger partial charge in [0.05, 0.1) is 17.8 Å². The van der Waals surface area contributed by atoms with Crippen LogP contribution in [0.4, 0.5) is 0 Å². The quantitative estimate of drug-likeness (QED) is 0.324. The predicted octanol–water partition coefficient (Wildman–Crippen LogP) is 5.26. The maximum absolute atomic E-state index is 12.2. The lowest BCUT2D eigenvalue weighted by Gasteiger charge is -2.57. The van der Waals surface area contributed by atoms with Crippen LogP contribution in [0.5, 0.6) is 0 Å². The van der Waals surface area contributed by atoms with E-state index < -0.39 is 23.3 Å². The number of hydrogen-bond acceptors (Lipinski definition) is 7. The number of allylic oxidation sites excluding steroid dienone is 1. The van der Waals surface area contributed by atoms with Crippen LogP contribution in [0.25, 0.3) is 0 Å². The second-order valence-electron chi connectivity index (χ2n) is 12.6. The van der Waals surface area contributed by atoms with Crippen molar-refractivity contribution in [2.75, 3.05) is 41.7 Å². The fourth-order valence-electron chi connectivity index (χ4n) is 8.86. The maximum atomic E-state index is 12.2. The van der Waals surface area contributed by atoms with Crippen molar-refractivity contribution in [3.63, 3.8) is 0 Å². The largest absolute Gasteiger partial charge is 0.387 e. The second-order valence-corrected chi connectivity index (χ2v) is 12.6. The molecule has 218 valence electrons. The molecule has 0 heterocycles. The number of ether oxygens (including phenoxy) is 5. The Bertz CT molecular complexity index is 1050. The zero-order valence-electron chi connectivity index (χ0n) is 24.6. The van der Waals surface area contributed by atoms with E-state index in [1.807, 2.05) is 6.92 Å². The van der Waals surface area contributed by atoms with Gasteiger partial charge in [-0.15, -0.1) is 0 Å². The highest BCUT2D eigenvalue weighted by molar-refractivity contribution is 5.44. The molecular formula is C32H48O7. The lowest BCUT2D eigenvalue weighted by atomic mass is 9.49. The molecule has 4 aliphatic rings. The lowest BCUT2D eigenvalue weighted by Crippen LogP contribution is -2.57. The van der Waals surface area contributed by atoms with Gasteiger partial charge in [0.1, 0.15) is 0 Å². The molecule has 5 rings (SSSR count). The molecule has 0 aliphatic heterocycles. The van der Waals surface area contributed by atoms with Crippen molar-refractivity contribution in [1.82, 2.24) is 0 Å². The van der Waals surface area contributed by atoms with Crippen LogP contribution in [-0.4, -0.2) is 68.9 Å². The maximum Gasteiger partial charge on any atom is 0.183 e. The number of aliphatic hydroxyl groups is 2. The minimum atomic E-state index is -0.945. The molecule has 3 saturated carbocycles. The number of hydrogen-bond donors (Lipinski definition) is 2. The van der Waals surface area contributed by atoms with Crippen LogP contribution >= 0.6 is 0 Å². The summed E-state index contributed by atoms with van der Waals surface area (Å²) < 4.78 is 28.5. The fraction of sp³-hybridized carbons (Fsp3) is 0.750. The van der Waals surface area contributed by atoms with Crippen molar-refractivity contribution >= 4 is 0 Å². The molecule has 39 heavy (non-hydrogen) atoms. The van der Waals surface area contributed by atoms with Crippen LogP contribution in [0.3, 0.4) is 0 Å². The average Bonchev–Trinajstić information content (AvgIpc) is 3.21. The molecular weight excluding hydrogens is 496 g/mol. The standard InChI is InChI=1S/C32H48O7/c1-7-39-20-31(34)16-13-25-23-12-15-30(33)19-32(37-5,38-6)17-14-26(30)27(23)24(18-29(25,31)2)21-8-10-22(11-9-21)28(35-3)36-4/h8-11,23-25,28,33-34H,7,12-20H2,1-6H3/t23-,24+,25-,29-,30+,31+/m0/s1. The van der Waals surface area contributed by atoms with Crippen LogP contribution in [0, 0.1) is 17.3 Å². The monoisotopic (exact) mass is 544 g/mol. The van der Waals surface area contributed by atoms with E-state index in [4.69, 9.17) is 23.7 Å². The summed E-state index contributed by atoms with van der Waals surface area (Å²) in [5, 5.41) is 24.2. The Balaban J connectivity index is 1.61. The molecule has 0 unspecified atom stereocenters. The van der Waals surface area contributed by atoms with Crippen molar-refractivity contribution in [1.29, 1.82) is 0 Å². The molecule has 3 fully saturated rings. The SMILES string of the molecule is CCOC[C@]1(O)CC[C@H]2[C@@H]3CC[C@@]4(O)CC(OC)(OC)CCC4=C3[C@@H](c3ccc(C(OC)OC)cc3)C[C@@]21C. The molecule has 0 spiro atoms. The molecule has 1 aromatic carbocycles. The van der Waals surface area contributed by atoms with Gasteiger partial charge in [0, 0.05) is 64.8 Å². The number of benzene rings is 1. The summed E-state index contributed by atoms with van der Waals surface area (Å²) in [6, 6.07) is 8.53. The van der Waals surface area contributed by atoms with Gasteiger partial charge in [0.2, 0.25) is 0 Å². The summed E-state index contributed by atoms with van der Waals surface area (Å²) in [7, 11) is 6.65. The van der Waals surface area contributed by atoms with Gasteiger partial charge in [-0.3, -0.25) is 0 Å². The molecule has 0 bridgehead atoms. The van der Waals surface area contributed by atoms with E-state index in [9.17, 15) is 10.2 Å². The second kappa shape index (κ2) is 10.8. The third-order valence-electron chi connectivity index (χ3n) is 11.1. The van der Waals surface area contributed by atoms with Gasteiger partial charge in [-0.05, 0) is 68.4 Å². The Labute approximate surface area is 233 Å². The zero-order valence-corrected chi connectivity index (χ0v) is 24.6. The van der Waals surface area contributed by atoms with Crippen LogP contribution < -0.4 is 0 Å². The zero-order chi connectivity index (χ0) is 28.1. The van der Waals surface area contributed by atoms with E-state index in [-0.39, 0.29) is 11.3 Å². The van der Waals surface area contributed by atoms with Gasteiger partial charge in [-0.1, -0.05) is 36.8 Å². The van der Waals surface area contributed by atoms with E-state index in [0.717, 1.165) is 44.1 Å². The Morgan fingerprint density at radius 2 is 1.64 bits per heavy atom. The Kier molecular flexibility index (Phi) is 8.10. The topological polar surface area (TPSA) is 86.6 Å². The summed E-state index contributed by atoms with van der Waals surface area (Å²) >= 11 is 0. The first-order chi connectivity index (χ1) is 18.6. The number of methoxy groups -OCH3 is 4. The fourth-order valence-corrected chi connectivity index (χ4v) is 8.86. The molecule has 0 saturated heterocycles. The summed E-state index contributed by atoms with van der Waals surface area (Å²) in [5.41, 5.74) is 2.67. The minimum absolute atomic E-state index is 0.0968. The summed E-state index contributed by atoms with van der Waals surface area (Å²) in [6.45, 7) is 5.25. The van der Waals surface area contributed by atoms with Gasteiger partial charge in [-0.2, -0.15) is 0 Å². The first-order valence-electron chi connectivity index (χ1n) is 14.6. The van der Waals surface area contributed by atoms with E-state index >= 15 is 0 Å². The number of rotatable bonds is 9. The molecule has 7 heteroatoms. The molecule has 0 aromatic heterocycles. The van der Waals surface area contributed by atoms with Crippen molar-refractivity contribution < 1.29 is 33.9 Å². The van der Waals surface area contributed by atoms with E-state index in [1.54, 1.807) is 28.4 Å². The lowest BCUT2D eigenvalue weighted by molar-refractivity contribution is -0.246. The van der Waals surface area contributed by atoms with Crippen LogP contribution in [0.15, 0.2) is 35.4 Å². The molecule has 7 nitrogen and oxygen atoms in total. The Hall–Kier alpha value is -1.32. The summed E-state index contributed by atoms with van der Waals surface area (Å²) in [6.07, 6.45) is 5.65. The third kappa shape index (κ3) is 4.62. The van der Waals surface area contributed by atoms with Crippen LogP contribution in [0.1, 0.15) is 88.5 Å². The van der Waals surface area contributed by atoms with E-state index in [2.05, 4.69) is 31.2 Å². The van der Waals surface area contributed by atoms with E-state index in [1.165, 1.54) is 16.7 Å². The average molecular weight is 545 g/mol. The van der Waals surface area contributed by atoms with Gasteiger partial charge in [0.25, 0.3) is 0 Å². The van der Waals surface area contributed by atoms with Gasteiger partial charge in [-0.25, -0.2) is 0 Å². The predicted molar refractivity (Wildman–Crippen MR) is 148 cm³/mol. The highest BCUT2D eigenvalue weighted by Gasteiger charge is 2.64. The van der Waals surface area contributed by atoms with Gasteiger partial charge in [0.15, 0.2) is 12.1 Å². The smallest absolute Gasteiger partial charge is 0.183 e. The molecule has 4 aliphatic carbocycles. The molecule has 0 radical (unpaired) electrons. The number of fused-ring (bicyclic) bond motifs is 4. The first kappa shape index (κ1) is 29.2.